The van der Waals surface area contributed by atoms with Crippen LogP contribution < -0.4 is 5.73 Å². The highest BCUT2D eigenvalue weighted by Crippen LogP contribution is 2.25. The lowest BCUT2D eigenvalue weighted by Crippen LogP contribution is -2.15. The minimum atomic E-state index is 0.416. The van der Waals surface area contributed by atoms with E-state index in [0.29, 0.717) is 19.3 Å². The molecule has 0 saturated heterocycles. The van der Waals surface area contributed by atoms with Gasteiger partial charge >= 0.3 is 0 Å². The highest BCUT2D eigenvalue weighted by molar-refractivity contribution is 5.67. The van der Waals surface area contributed by atoms with Gasteiger partial charge in [0, 0.05) is 11.3 Å². The van der Waals surface area contributed by atoms with Gasteiger partial charge in [-0.1, -0.05) is 25.0 Å². The number of nitrogens with two attached hydrogens (primary N) is 1. The first-order valence-corrected chi connectivity index (χ1v) is 7.49. The summed E-state index contributed by atoms with van der Waals surface area (Å²) in [5, 5.41) is 12.0. The fraction of sp³-hybridized carbons (Fsp3) is 0.533. The van der Waals surface area contributed by atoms with Crippen LogP contribution in [0.5, 0.6) is 0 Å². The molecular formula is C15H21N5O. The molecule has 2 aromatic rings. The molecule has 1 aromatic heterocycles. The lowest BCUT2D eigenvalue weighted by atomic mass is 10.1. The van der Waals surface area contributed by atoms with Crippen LogP contribution in [0.4, 0.5) is 5.69 Å². The first-order chi connectivity index (χ1) is 10.3. The molecule has 1 heterocycles. The molecule has 0 amide bonds. The fourth-order valence-electron chi connectivity index (χ4n) is 2.80. The fourth-order valence-corrected chi connectivity index (χ4v) is 2.80. The van der Waals surface area contributed by atoms with Gasteiger partial charge in [-0.05, 0) is 41.8 Å². The molecule has 1 saturated carbocycles. The summed E-state index contributed by atoms with van der Waals surface area (Å²) >= 11 is 0. The van der Waals surface area contributed by atoms with Gasteiger partial charge in [-0.3, -0.25) is 0 Å². The van der Waals surface area contributed by atoms with Crippen molar-refractivity contribution in [3.63, 3.8) is 0 Å². The number of hydrogen-bond acceptors (Lipinski definition) is 5. The topological polar surface area (TPSA) is 78.9 Å². The van der Waals surface area contributed by atoms with Crippen molar-refractivity contribution in [2.45, 2.75) is 45.3 Å². The molecule has 6 heteroatoms. The van der Waals surface area contributed by atoms with Gasteiger partial charge in [0.1, 0.15) is 0 Å². The second-order valence-electron chi connectivity index (χ2n) is 5.52. The molecule has 0 atom stereocenters. The van der Waals surface area contributed by atoms with Crippen molar-refractivity contribution in [2.75, 3.05) is 12.3 Å². The van der Waals surface area contributed by atoms with Crippen molar-refractivity contribution < 1.29 is 4.74 Å². The van der Waals surface area contributed by atoms with Gasteiger partial charge in [-0.2, -0.15) is 0 Å². The summed E-state index contributed by atoms with van der Waals surface area (Å²) in [5.41, 5.74) is 8.69. The zero-order chi connectivity index (χ0) is 14.7. The number of aromatic nitrogens is 4. The maximum absolute atomic E-state index is 5.96. The second-order valence-corrected chi connectivity index (χ2v) is 5.52. The number of tetrazole rings is 1. The molecule has 6 nitrogen and oxygen atoms in total. The van der Waals surface area contributed by atoms with Gasteiger partial charge in [0.25, 0.3) is 0 Å². The summed E-state index contributed by atoms with van der Waals surface area (Å²) in [6, 6.07) is 5.80. The quantitative estimate of drug-likeness (QED) is 0.853. The Morgan fingerprint density at radius 2 is 2.14 bits per heavy atom. The van der Waals surface area contributed by atoms with Crippen LogP contribution >= 0.6 is 0 Å². The van der Waals surface area contributed by atoms with E-state index in [1.54, 1.807) is 4.68 Å². The normalized spacial score (nSPS) is 15.7. The van der Waals surface area contributed by atoms with E-state index >= 15 is 0 Å². The first-order valence-electron chi connectivity index (χ1n) is 7.49. The van der Waals surface area contributed by atoms with E-state index in [-0.39, 0.29) is 0 Å². The van der Waals surface area contributed by atoms with E-state index in [0.717, 1.165) is 22.6 Å². The van der Waals surface area contributed by atoms with Gasteiger partial charge in [0.15, 0.2) is 5.82 Å². The molecule has 2 N–H and O–H groups in total. The van der Waals surface area contributed by atoms with Gasteiger partial charge < -0.3 is 10.5 Å². The van der Waals surface area contributed by atoms with Gasteiger partial charge in [-0.25, -0.2) is 4.68 Å². The van der Waals surface area contributed by atoms with E-state index in [2.05, 4.69) is 15.5 Å². The van der Waals surface area contributed by atoms with Gasteiger partial charge in [0.2, 0.25) is 0 Å². The minimum absolute atomic E-state index is 0.416. The highest BCUT2D eigenvalue weighted by Gasteiger charge is 2.16. The Bertz CT molecular complexity index is 604. The third kappa shape index (κ3) is 3.05. The van der Waals surface area contributed by atoms with E-state index in [9.17, 15) is 0 Å². The summed E-state index contributed by atoms with van der Waals surface area (Å²) in [5.74, 6) is 0.745. The Morgan fingerprint density at radius 1 is 1.33 bits per heavy atom. The Kier molecular flexibility index (Phi) is 4.15. The second kappa shape index (κ2) is 6.22. The molecule has 21 heavy (non-hydrogen) atoms. The van der Waals surface area contributed by atoms with E-state index in [1.165, 1.54) is 25.7 Å². The van der Waals surface area contributed by atoms with Crippen molar-refractivity contribution in [1.82, 2.24) is 20.2 Å². The Morgan fingerprint density at radius 3 is 2.95 bits per heavy atom. The molecule has 1 aromatic carbocycles. The molecule has 0 aliphatic heterocycles. The molecule has 1 aliphatic carbocycles. The molecular weight excluding hydrogens is 266 g/mol. The Hall–Kier alpha value is -1.95. The van der Waals surface area contributed by atoms with Crippen LogP contribution in [0, 0.1) is 6.92 Å². The molecule has 1 aliphatic rings. The largest absolute Gasteiger partial charge is 0.398 e. The van der Waals surface area contributed by atoms with Crippen molar-refractivity contribution in [3.8, 4) is 11.4 Å². The van der Waals surface area contributed by atoms with Crippen LogP contribution in [0.1, 0.15) is 31.2 Å². The van der Waals surface area contributed by atoms with Crippen LogP contribution in [0.3, 0.4) is 0 Å². The average Bonchev–Trinajstić information content (AvgIpc) is 3.14. The number of nitrogens with zero attached hydrogens (tertiary/aromatic N) is 4. The standard InChI is InChI=1S/C15H21N5O/c1-11-13(7-4-8-14(11)16)15-17-18-19-20(15)9-10-21-12-5-2-3-6-12/h4,7-8,12H,2-3,5-6,9-10,16H2,1H3. The van der Waals surface area contributed by atoms with Crippen molar-refractivity contribution >= 4 is 5.69 Å². The zero-order valence-corrected chi connectivity index (χ0v) is 12.3. The summed E-state index contributed by atoms with van der Waals surface area (Å²) in [6.45, 7) is 3.29. The molecule has 0 radical (unpaired) electrons. The maximum Gasteiger partial charge on any atom is 0.182 e. The predicted octanol–water partition coefficient (Wildman–Crippen LogP) is 2.19. The lowest BCUT2D eigenvalue weighted by molar-refractivity contribution is 0.0514. The summed E-state index contributed by atoms with van der Waals surface area (Å²) in [7, 11) is 0. The smallest absolute Gasteiger partial charge is 0.182 e. The van der Waals surface area contributed by atoms with Gasteiger partial charge in [-0.15, -0.1) is 5.10 Å². The predicted molar refractivity (Wildman–Crippen MR) is 80.6 cm³/mol. The lowest BCUT2D eigenvalue weighted by Gasteiger charge is -2.12. The Labute approximate surface area is 124 Å². The SMILES string of the molecule is Cc1c(N)cccc1-c1nnnn1CCOC1CCCC1. The molecule has 112 valence electrons. The number of ether oxygens (including phenoxy) is 1. The minimum Gasteiger partial charge on any atom is -0.398 e. The van der Waals surface area contributed by atoms with Crippen molar-refractivity contribution in [2.24, 2.45) is 0 Å². The van der Waals surface area contributed by atoms with Crippen LogP contribution in [0.15, 0.2) is 18.2 Å². The monoisotopic (exact) mass is 287 g/mol. The third-order valence-corrected chi connectivity index (χ3v) is 4.11. The van der Waals surface area contributed by atoms with Crippen LogP contribution in [-0.2, 0) is 11.3 Å². The number of anilines is 1. The van der Waals surface area contributed by atoms with Crippen molar-refractivity contribution in [3.05, 3.63) is 23.8 Å². The average molecular weight is 287 g/mol. The first kappa shape index (κ1) is 14.0. The maximum atomic E-state index is 5.96. The highest BCUT2D eigenvalue weighted by atomic mass is 16.5. The molecule has 0 unspecified atom stereocenters. The number of nitrogen functional groups attached to an aromatic ring is 1. The van der Waals surface area contributed by atoms with Crippen LogP contribution in [0.25, 0.3) is 11.4 Å². The molecule has 3 rings (SSSR count). The summed E-state index contributed by atoms with van der Waals surface area (Å²) in [6.07, 6.45) is 5.33. The van der Waals surface area contributed by atoms with E-state index in [1.807, 2.05) is 25.1 Å². The van der Waals surface area contributed by atoms with E-state index < -0.39 is 0 Å². The van der Waals surface area contributed by atoms with E-state index in [4.69, 9.17) is 10.5 Å². The molecule has 1 fully saturated rings. The number of rotatable bonds is 5. The number of benzene rings is 1. The Balaban J connectivity index is 1.70. The zero-order valence-electron chi connectivity index (χ0n) is 12.3. The van der Waals surface area contributed by atoms with Crippen LogP contribution in [-0.4, -0.2) is 32.9 Å². The van der Waals surface area contributed by atoms with Crippen molar-refractivity contribution in [1.29, 1.82) is 0 Å². The van der Waals surface area contributed by atoms with Crippen LogP contribution in [0.2, 0.25) is 0 Å². The summed E-state index contributed by atoms with van der Waals surface area (Å²) < 4.78 is 7.67. The van der Waals surface area contributed by atoms with Gasteiger partial charge in [0.05, 0.1) is 19.3 Å². The third-order valence-electron chi connectivity index (χ3n) is 4.11. The molecule has 0 bridgehead atoms. The number of hydrogen-bond donors (Lipinski definition) is 1. The molecule has 0 spiro atoms. The summed E-state index contributed by atoms with van der Waals surface area (Å²) in [4.78, 5) is 0.